The van der Waals surface area contributed by atoms with Crippen molar-refractivity contribution in [1.82, 2.24) is 14.8 Å². The molecule has 0 N–H and O–H groups in total. The van der Waals surface area contributed by atoms with Gasteiger partial charge in [0.25, 0.3) is 5.56 Å². The van der Waals surface area contributed by atoms with Gasteiger partial charge in [0.1, 0.15) is 11.3 Å². The zero-order valence-corrected chi connectivity index (χ0v) is 16.6. The summed E-state index contributed by atoms with van der Waals surface area (Å²) in [4.78, 5) is 28.5. The molecule has 0 radical (unpaired) electrons. The number of carbonyl (C=O) groups excluding carboxylic acids is 1. The SMILES string of the molecule is COC(=O)c1cccc(COc2nn(C)c(=O)c3c(-c4ccncc4)csc23)c1. The lowest BCUT2D eigenvalue weighted by molar-refractivity contribution is 0.0600. The van der Waals surface area contributed by atoms with Crippen LogP contribution in [0.5, 0.6) is 5.88 Å². The predicted molar refractivity (Wildman–Crippen MR) is 110 cm³/mol. The minimum absolute atomic E-state index is 0.187. The molecule has 4 aromatic rings. The van der Waals surface area contributed by atoms with Gasteiger partial charge in [0.2, 0.25) is 5.88 Å². The molecule has 0 unspecified atom stereocenters. The largest absolute Gasteiger partial charge is 0.471 e. The fraction of sp³-hybridized carbons (Fsp3) is 0.143. The summed E-state index contributed by atoms with van der Waals surface area (Å²) in [5.74, 6) is -0.0365. The lowest BCUT2D eigenvalue weighted by atomic mass is 10.1. The number of carbonyl (C=O) groups is 1. The van der Waals surface area contributed by atoms with E-state index < -0.39 is 5.97 Å². The molecule has 29 heavy (non-hydrogen) atoms. The van der Waals surface area contributed by atoms with E-state index in [2.05, 4.69) is 10.1 Å². The number of methoxy groups -OCH3 is 1. The number of pyridine rings is 1. The maximum atomic E-state index is 12.7. The third-order valence-electron chi connectivity index (χ3n) is 4.45. The monoisotopic (exact) mass is 407 g/mol. The molecular formula is C21H17N3O4S. The molecule has 3 heterocycles. The second-order valence-electron chi connectivity index (χ2n) is 6.30. The van der Waals surface area contributed by atoms with Crippen molar-refractivity contribution < 1.29 is 14.3 Å². The highest BCUT2D eigenvalue weighted by atomic mass is 32.1. The second-order valence-corrected chi connectivity index (χ2v) is 7.18. The van der Waals surface area contributed by atoms with Crippen LogP contribution in [-0.4, -0.2) is 27.8 Å². The number of aryl methyl sites for hydroxylation is 1. The highest BCUT2D eigenvalue weighted by Gasteiger charge is 2.17. The first kappa shape index (κ1) is 18.8. The summed E-state index contributed by atoms with van der Waals surface area (Å²) in [6.45, 7) is 0.202. The summed E-state index contributed by atoms with van der Waals surface area (Å²) < 4.78 is 12.6. The van der Waals surface area contributed by atoms with Gasteiger partial charge < -0.3 is 9.47 Å². The average molecular weight is 407 g/mol. The number of aromatic nitrogens is 3. The summed E-state index contributed by atoms with van der Waals surface area (Å²) >= 11 is 1.41. The summed E-state index contributed by atoms with van der Waals surface area (Å²) in [5, 5.41) is 6.78. The normalized spacial score (nSPS) is 10.8. The van der Waals surface area contributed by atoms with E-state index in [1.165, 1.54) is 23.1 Å². The summed E-state index contributed by atoms with van der Waals surface area (Å²) in [5.41, 5.74) is 2.79. The molecule has 3 aromatic heterocycles. The van der Waals surface area contributed by atoms with E-state index >= 15 is 0 Å². The van der Waals surface area contributed by atoms with E-state index in [0.29, 0.717) is 21.5 Å². The van der Waals surface area contributed by atoms with Crippen LogP contribution >= 0.6 is 11.3 Å². The Kier molecular flexibility index (Phi) is 5.09. The van der Waals surface area contributed by atoms with Gasteiger partial charge in [-0.1, -0.05) is 12.1 Å². The fourth-order valence-electron chi connectivity index (χ4n) is 3.01. The number of thiophene rings is 1. The van der Waals surface area contributed by atoms with Gasteiger partial charge in [-0.3, -0.25) is 9.78 Å². The maximum absolute atomic E-state index is 12.7. The van der Waals surface area contributed by atoms with Crippen LogP contribution < -0.4 is 10.3 Å². The Balaban J connectivity index is 1.70. The van der Waals surface area contributed by atoms with Crippen molar-refractivity contribution in [3.63, 3.8) is 0 Å². The molecule has 0 bridgehead atoms. The van der Waals surface area contributed by atoms with E-state index in [-0.39, 0.29) is 12.2 Å². The van der Waals surface area contributed by atoms with Gasteiger partial charge in [0.05, 0.1) is 18.1 Å². The summed E-state index contributed by atoms with van der Waals surface area (Å²) in [6, 6.07) is 10.7. The molecular weight excluding hydrogens is 390 g/mol. The number of hydrogen-bond donors (Lipinski definition) is 0. The van der Waals surface area contributed by atoms with Gasteiger partial charge in [0.15, 0.2) is 0 Å². The van der Waals surface area contributed by atoms with E-state index in [1.54, 1.807) is 37.6 Å². The fourth-order valence-corrected chi connectivity index (χ4v) is 4.02. The average Bonchev–Trinajstić information content (AvgIpc) is 3.21. The first-order valence-electron chi connectivity index (χ1n) is 8.77. The van der Waals surface area contributed by atoms with Gasteiger partial charge in [-0.25, -0.2) is 9.48 Å². The molecule has 0 spiro atoms. The van der Waals surface area contributed by atoms with Crippen molar-refractivity contribution in [3.05, 3.63) is 75.7 Å². The molecule has 7 nitrogen and oxygen atoms in total. The predicted octanol–water partition coefficient (Wildman–Crippen LogP) is 3.42. The number of nitrogens with zero attached hydrogens (tertiary/aromatic N) is 3. The molecule has 0 saturated carbocycles. The zero-order chi connectivity index (χ0) is 20.4. The summed E-state index contributed by atoms with van der Waals surface area (Å²) in [6.07, 6.45) is 3.38. The van der Waals surface area contributed by atoms with Gasteiger partial charge >= 0.3 is 5.97 Å². The van der Waals surface area contributed by atoms with Gasteiger partial charge in [-0.2, -0.15) is 0 Å². The Morgan fingerprint density at radius 1 is 1.21 bits per heavy atom. The third kappa shape index (κ3) is 3.62. The molecule has 1 aromatic carbocycles. The molecule has 4 rings (SSSR count). The number of benzene rings is 1. The van der Waals surface area contributed by atoms with E-state index in [9.17, 15) is 9.59 Å². The second kappa shape index (κ2) is 7.84. The van der Waals surface area contributed by atoms with Crippen molar-refractivity contribution in [3.8, 4) is 17.0 Å². The van der Waals surface area contributed by atoms with Crippen LogP contribution in [0.1, 0.15) is 15.9 Å². The van der Waals surface area contributed by atoms with Crippen molar-refractivity contribution >= 4 is 27.4 Å². The number of hydrogen-bond acceptors (Lipinski definition) is 7. The lowest BCUT2D eigenvalue weighted by Crippen LogP contribution is -2.20. The topological polar surface area (TPSA) is 83.3 Å². The first-order valence-corrected chi connectivity index (χ1v) is 9.65. The molecule has 0 fully saturated rings. The Hall–Kier alpha value is -3.52. The maximum Gasteiger partial charge on any atom is 0.337 e. The Bertz CT molecular complexity index is 1250. The molecule has 0 aliphatic rings. The number of esters is 1. The standard InChI is InChI=1S/C21H17N3O4S/c1-24-20(25)17-16(14-6-8-22-9-7-14)12-29-18(17)19(23-24)28-11-13-4-3-5-15(10-13)21(26)27-2/h3-10,12H,11H2,1-2H3. The molecule has 0 aliphatic carbocycles. The van der Waals surface area contributed by atoms with Crippen LogP contribution in [-0.2, 0) is 18.4 Å². The molecule has 146 valence electrons. The van der Waals surface area contributed by atoms with Crippen molar-refractivity contribution in [2.24, 2.45) is 7.05 Å². The highest BCUT2D eigenvalue weighted by Crippen LogP contribution is 2.35. The van der Waals surface area contributed by atoms with Crippen LogP contribution in [0.3, 0.4) is 0 Å². The molecule has 8 heteroatoms. The van der Waals surface area contributed by atoms with Crippen molar-refractivity contribution in [1.29, 1.82) is 0 Å². The number of rotatable bonds is 5. The highest BCUT2D eigenvalue weighted by molar-refractivity contribution is 7.18. The van der Waals surface area contributed by atoms with E-state index in [4.69, 9.17) is 9.47 Å². The third-order valence-corrected chi connectivity index (χ3v) is 5.42. The van der Waals surface area contributed by atoms with Crippen LogP contribution in [0.25, 0.3) is 21.2 Å². The Labute approximate surface area is 170 Å². The van der Waals surface area contributed by atoms with Gasteiger partial charge in [-0.15, -0.1) is 16.4 Å². The van der Waals surface area contributed by atoms with E-state index in [0.717, 1.165) is 16.7 Å². The van der Waals surface area contributed by atoms with Crippen LogP contribution in [0, 0.1) is 0 Å². The lowest BCUT2D eigenvalue weighted by Gasteiger charge is -2.09. The smallest absolute Gasteiger partial charge is 0.337 e. The quantitative estimate of drug-likeness (QED) is 0.472. The minimum atomic E-state index is -0.408. The zero-order valence-electron chi connectivity index (χ0n) is 15.8. The number of fused-ring (bicyclic) bond motifs is 1. The molecule has 0 aliphatic heterocycles. The molecule has 0 amide bonds. The van der Waals surface area contributed by atoms with Crippen molar-refractivity contribution in [2.75, 3.05) is 7.11 Å². The number of ether oxygens (including phenoxy) is 2. The van der Waals surface area contributed by atoms with E-state index in [1.807, 2.05) is 23.6 Å². The van der Waals surface area contributed by atoms with Crippen LogP contribution in [0.2, 0.25) is 0 Å². The van der Waals surface area contributed by atoms with Crippen LogP contribution in [0.15, 0.2) is 59.0 Å². The first-order chi connectivity index (χ1) is 14.1. The minimum Gasteiger partial charge on any atom is -0.471 e. The molecule has 0 atom stereocenters. The molecule has 0 saturated heterocycles. The van der Waals surface area contributed by atoms with Crippen molar-refractivity contribution in [2.45, 2.75) is 6.61 Å². The Morgan fingerprint density at radius 3 is 2.76 bits per heavy atom. The van der Waals surface area contributed by atoms with Crippen LogP contribution in [0.4, 0.5) is 0 Å². The van der Waals surface area contributed by atoms with Gasteiger partial charge in [-0.05, 0) is 35.4 Å². The van der Waals surface area contributed by atoms with Gasteiger partial charge in [0, 0.05) is 30.4 Å². The summed E-state index contributed by atoms with van der Waals surface area (Å²) in [7, 11) is 2.94. The Morgan fingerprint density at radius 2 is 2.00 bits per heavy atom.